The van der Waals surface area contributed by atoms with Crippen molar-refractivity contribution >= 4 is 21.5 Å². The lowest BCUT2D eigenvalue weighted by Gasteiger charge is -2.07. The van der Waals surface area contributed by atoms with Crippen LogP contribution in [0, 0.1) is 11.3 Å². The fourth-order valence-electron chi connectivity index (χ4n) is 2.49. The molecule has 0 aliphatic rings. The van der Waals surface area contributed by atoms with Crippen LogP contribution in [-0.2, 0) is 6.42 Å². The number of hydrogen-bond acceptors (Lipinski definition) is 1. The van der Waals surface area contributed by atoms with E-state index in [9.17, 15) is 5.26 Å². The summed E-state index contributed by atoms with van der Waals surface area (Å²) in [5.41, 5.74) is 1.95. The molecular formula is C17H13N. The molecule has 0 aliphatic heterocycles. The van der Waals surface area contributed by atoms with Gasteiger partial charge in [-0.1, -0.05) is 43.3 Å². The van der Waals surface area contributed by atoms with E-state index in [1.807, 2.05) is 12.1 Å². The molecule has 0 amide bonds. The van der Waals surface area contributed by atoms with Crippen LogP contribution in [0.4, 0.5) is 0 Å². The van der Waals surface area contributed by atoms with Crippen LogP contribution in [0.15, 0.2) is 48.5 Å². The minimum Gasteiger partial charge on any atom is -0.192 e. The third-order valence-electron chi connectivity index (χ3n) is 3.47. The standard InChI is InChI=1S/C17H13N/c1-2-12-7-8-15-9-13-5-3-4-6-14(13)10-16(15)17(12)11-18/h3-10H,2H2,1H3. The summed E-state index contributed by atoms with van der Waals surface area (Å²) in [7, 11) is 0. The second-order valence-corrected chi connectivity index (χ2v) is 4.49. The Kier molecular flexibility index (Phi) is 2.50. The van der Waals surface area contributed by atoms with Crippen LogP contribution >= 0.6 is 0 Å². The van der Waals surface area contributed by atoms with Crippen LogP contribution < -0.4 is 0 Å². The van der Waals surface area contributed by atoms with Crippen LogP contribution in [0.3, 0.4) is 0 Å². The van der Waals surface area contributed by atoms with Crippen molar-refractivity contribution in [1.82, 2.24) is 0 Å². The first-order chi connectivity index (χ1) is 8.83. The average Bonchev–Trinajstić information content (AvgIpc) is 2.43. The molecule has 18 heavy (non-hydrogen) atoms. The summed E-state index contributed by atoms with van der Waals surface area (Å²) in [5, 5.41) is 14.0. The van der Waals surface area contributed by atoms with Crippen molar-refractivity contribution in [2.45, 2.75) is 13.3 Å². The van der Waals surface area contributed by atoms with Gasteiger partial charge in [0.2, 0.25) is 0 Å². The van der Waals surface area contributed by atoms with E-state index < -0.39 is 0 Å². The number of aryl methyl sites for hydroxylation is 1. The molecule has 0 atom stereocenters. The third kappa shape index (κ3) is 1.55. The summed E-state index contributed by atoms with van der Waals surface area (Å²) in [5.74, 6) is 0. The second kappa shape index (κ2) is 4.16. The van der Waals surface area contributed by atoms with E-state index in [4.69, 9.17) is 0 Å². The summed E-state index contributed by atoms with van der Waals surface area (Å²) in [6.45, 7) is 2.09. The fourth-order valence-corrected chi connectivity index (χ4v) is 2.49. The van der Waals surface area contributed by atoms with Crippen molar-refractivity contribution in [3.63, 3.8) is 0 Å². The summed E-state index contributed by atoms with van der Waals surface area (Å²) in [6, 6.07) is 19.1. The van der Waals surface area contributed by atoms with E-state index in [1.54, 1.807) is 0 Å². The number of nitrogens with zero attached hydrogens (tertiary/aromatic N) is 1. The SMILES string of the molecule is CCc1ccc2cc3ccccc3cc2c1C#N. The van der Waals surface area contributed by atoms with Gasteiger partial charge in [-0.3, -0.25) is 0 Å². The number of benzene rings is 3. The summed E-state index contributed by atoms with van der Waals surface area (Å²) in [4.78, 5) is 0. The maximum atomic E-state index is 9.37. The molecule has 1 heteroatoms. The Balaban J connectivity index is 2.47. The Bertz CT molecular complexity index is 779. The maximum Gasteiger partial charge on any atom is 0.100 e. The molecule has 0 aromatic heterocycles. The van der Waals surface area contributed by atoms with Crippen LogP contribution in [0.2, 0.25) is 0 Å². The molecule has 0 saturated heterocycles. The molecule has 0 heterocycles. The summed E-state index contributed by atoms with van der Waals surface area (Å²) < 4.78 is 0. The van der Waals surface area contributed by atoms with E-state index in [0.717, 1.165) is 28.3 Å². The Morgan fingerprint density at radius 2 is 1.67 bits per heavy atom. The predicted molar refractivity (Wildman–Crippen MR) is 75.5 cm³/mol. The van der Waals surface area contributed by atoms with Crippen LogP contribution in [-0.4, -0.2) is 0 Å². The van der Waals surface area contributed by atoms with Gasteiger partial charge in [-0.25, -0.2) is 0 Å². The maximum absolute atomic E-state index is 9.37. The summed E-state index contributed by atoms with van der Waals surface area (Å²) >= 11 is 0. The Morgan fingerprint density at radius 3 is 2.33 bits per heavy atom. The molecule has 1 nitrogen and oxygen atoms in total. The Labute approximate surface area is 106 Å². The van der Waals surface area contributed by atoms with Gasteiger partial charge in [0.1, 0.15) is 6.07 Å². The second-order valence-electron chi connectivity index (χ2n) is 4.49. The minimum atomic E-state index is 0.820. The van der Waals surface area contributed by atoms with Gasteiger partial charge in [0.05, 0.1) is 5.56 Å². The topological polar surface area (TPSA) is 23.8 Å². The van der Waals surface area contributed by atoms with E-state index in [0.29, 0.717) is 0 Å². The largest absolute Gasteiger partial charge is 0.192 e. The zero-order valence-corrected chi connectivity index (χ0v) is 10.3. The lowest BCUT2D eigenvalue weighted by Crippen LogP contribution is -1.89. The molecule has 3 aromatic carbocycles. The highest BCUT2D eigenvalue weighted by atomic mass is 14.3. The van der Waals surface area contributed by atoms with Gasteiger partial charge >= 0.3 is 0 Å². The molecule has 0 N–H and O–H groups in total. The highest BCUT2D eigenvalue weighted by Crippen LogP contribution is 2.27. The van der Waals surface area contributed by atoms with E-state index in [1.165, 1.54) is 10.8 Å². The van der Waals surface area contributed by atoms with Crippen molar-refractivity contribution in [3.8, 4) is 6.07 Å². The first-order valence-electron chi connectivity index (χ1n) is 6.18. The lowest BCUT2D eigenvalue weighted by molar-refractivity contribution is 1.14. The van der Waals surface area contributed by atoms with Crippen LogP contribution in [0.5, 0.6) is 0 Å². The average molecular weight is 231 g/mol. The zero-order chi connectivity index (χ0) is 12.5. The molecule has 0 saturated carbocycles. The van der Waals surface area contributed by atoms with Gasteiger partial charge in [-0.05, 0) is 40.3 Å². The molecule has 0 fully saturated rings. The van der Waals surface area contributed by atoms with Crippen molar-refractivity contribution in [2.24, 2.45) is 0 Å². The lowest BCUT2D eigenvalue weighted by atomic mass is 9.95. The molecule has 3 aromatic rings. The molecular weight excluding hydrogens is 218 g/mol. The molecule has 0 radical (unpaired) electrons. The molecule has 0 aliphatic carbocycles. The highest BCUT2D eigenvalue weighted by molar-refractivity contribution is 6.01. The van der Waals surface area contributed by atoms with Crippen molar-refractivity contribution < 1.29 is 0 Å². The normalized spacial score (nSPS) is 10.7. The fraction of sp³-hybridized carbons (Fsp3) is 0.118. The van der Waals surface area contributed by atoms with Gasteiger partial charge in [0.15, 0.2) is 0 Å². The summed E-state index contributed by atoms with van der Waals surface area (Å²) in [6.07, 6.45) is 0.895. The van der Waals surface area contributed by atoms with Crippen molar-refractivity contribution in [3.05, 3.63) is 59.7 Å². The van der Waals surface area contributed by atoms with E-state index in [-0.39, 0.29) is 0 Å². The van der Waals surface area contributed by atoms with Gasteiger partial charge < -0.3 is 0 Å². The first kappa shape index (κ1) is 10.8. The molecule has 0 spiro atoms. The van der Waals surface area contributed by atoms with E-state index in [2.05, 4.69) is 49.4 Å². The minimum absolute atomic E-state index is 0.820. The highest BCUT2D eigenvalue weighted by Gasteiger charge is 2.06. The first-order valence-corrected chi connectivity index (χ1v) is 6.18. The zero-order valence-electron chi connectivity index (χ0n) is 10.3. The Morgan fingerprint density at radius 1 is 0.944 bits per heavy atom. The van der Waals surface area contributed by atoms with Crippen molar-refractivity contribution in [2.75, 3.05) is 0 Å². The quantitative estimate of drug-likeness (QED) is 0.568. The van der Waals surface area contributed by atoms with Gasteiger partial charge in [0.25, 0.3) is 0 Å². The molecule has 0 unspecified atom stereocenters. The van der Waals surface area contributed by atoms with E-state index >= 15 is 0 Å². The molecule has 86 valence electrons. The third-order valence-corrected chi connectivity index (χ3v) is 3.47. The predicted octanol–water partition coefficient (Wildman–Crippen LogP) is 4.43. The smallest absolute Gasteiger partial charge is 0.100 e. The van der Waals surface area contributed by atoms with Gasteiger partial charge in [0, 0.05) is 5.39 Å². The molecule has 3 rings (SSSR count). The number of hydrogen-bond donors (Lipinski definition) is 0. The monoisotopic (exact) mass is 231 g/mol. The number of rotatable bonds is 1. The number of nitriles is 1. The van der Waals surface area contributed by atoms with Crippen LogP contribution in [0.25, 0.3) is 21.5 Å². The van der Waals surface area contributed by atoms with Crippen molar-refractivity contribution in [1.29, 1.82) is 5.26 Å². The van der Waals surface area contributed by atoms with Gasteiger partial charge in [-0.15, -0.1) is 0 Å². The van der Waals surface area contributed by atoms with Crippen LogP contribution in [0.1, 0.15) is 18.1 Å². The van der Waals surface area contributed by atoms with Gasteiger partial charge in [-0.2, -0.15) is 5.26 Å². The Hall–Kier alpha value is -2.33. The molecule has 0 bridgehead atoms. The number of fused-ring (bicyclic) bond motifs is 2.